The van der Waals surface area contributed by atoms with Crippen molar-refractivity contribution in [2.24, 2.45) is 0 Å². The number of aromatic nitrogens is 1. The standard InChI is InChI=1S/C14H12ClN3O4/c1-22-14(19)10-4-2-3-9(5-10)7-16-13-12(18(20)21)6-11(15)8-17-13/h2-6,8H,7H2,1H3,(H,16,17). The third kappa shape index (κ3) is 3.70. The Bertz CT molecular complexity index is 721. The Labute approximate surface area is 131 Å². The molecule has 0 aliphatic carbocycles. The molecule has 7 nitrogen and oxygen atoms in total. The van der Waals surface area contributed by atoms with Crippen molar-refractivity contribution in [3.63, 3.8) is 0 Å². The summed E-state index contributed by atoms with van der Waals surface area (Å²) in [6.45, 7) is 0.264. The van der Waals surface area contributed by atoms with Gasteiger partial charge in [0.25, 0.3) is 0 Å². The minimum atomic E-state index is -0.563. The molecule has 1 N–H and O–H groups in total. The Morgan fingerprint density at radius 1 is 1.45 bits per heavy atom. The Morgan fingerprint density at radius 3 is 2.91 bits per heavy atom. The normalized spacial score (nSPS) is 10.1. The highest BCUT2D eigenvalue weighted by Crippen LogP contribution is 2.25. The maximum absolute atomic E-state index is 11.5. The van der Waals surface area contributed by atoms with Crippen molar-refractivity contribution in [3.05, 3.63) is 62.8 Å². The quantitative estimate of drug-likeness (QED) is 0.516. The third-order valence-corrected chi connectivity index (χ3v) is 3.05. The van der Waals surface area contributed by atoms with Gasteiger partial charge in [0.1, 0.15) is 0 Å². The predicted molar refractivity (Wildman–Crippen MR) is 81.0 cm³/mol. The number of rotatable bonds is 5. The van der Waals surface area contributed by atoms with Crippen molar-refractivity contribution in [1.82, 2.24) is 4.98 Å². The molecule has 0 bridgehead atoms. The highest BCUT2D eigenvalue weighted by atomic mass is 35.5. The van der Waals surface area contributed by atoms with Crippen molar-refractivity contribution in [3.8, 4) is 0 Å². The lowest BCUT2D eigenvalue weighted by molar-refractivity contribution is -0.384. The monoisotopic (exact) mass is 321 g/mol. The number of esters is 1. The van der Waals surface area contributed by atoms with E-state index < -0.39 is 10.9 Å². The number of methoxy groups -OCH3 is 1. The summed E-state index contributed by atoms with van der Waals surface area (Å²) >= 11 is 5.70. The lowest BCUT2D eigenvalue weighted by atomic mass is 10.1. The average Bonchev–Trinajstić information content (AvgIpc) is 2.53. The zero-order chi connectivity index (χ0) is 16.1. The number of anilines is 1. The molecule has 0 unspecified atom stereocenters. The first-order valence-electron chi connectivity index (χ1n) is 6.22. The molecule has 22 heavy (non-hydrogen) atoms. The van der Waals surface area contributed by atoms with Crippen LogP contribution in [0.1, 0.15) is 15.9 Å². The van der Waals surface area contributed by atoms with E-state index in [9.17, 15) is 14.9 Å². The molecule has 0 radical (unpaired) electrons. The van der Waals surface area contributed by atoms with E-state index in [0.717, 1.165) is 5.56 Å². The van der Waals surface area contributed by atoms with Gasteiger partial charge in [-0.15, -0.1) is 0 Å². The second-order valence-electron chi connectivity index (χ2n) is 4.32. The fourth-order valence-corrected chi connectivity index (χ4v) is 1.97. The van der Waals surface area contributed by atoms with E-state index in [0.29, 0.717) is 5.56 Å². The van der Waals surface area contributed by atoms with Gasteiger partial charge in [-0.1, -0.05) is 23.7 Å². The maximum Gasteiger partial charge on any atom is 0.337 e. The van der Waals surface area contributed by atoms with Gasteiger partial charge in [-0.25, -0.2) is 9.78 Å². The van der Waals surface area contributed by atoms with Crippen LogP contribution in [0.2, 0.25) is 5.02 Å². The van der Waals surface area contributed by atoms with Gasteiger partial charge in [-0.05, 0) is 17.7 Å². The first kappa shape index (κ1) is 15.7. The Kier molecular flexibility index (Phi) is 4.90. The van der Waals surface area contributed by atoms with Crippen molar-refractivity contribution in [2.75, 3.05) is 12.4 Å². The van der Waals surface area contributed by atoms with Crippen LogP contribution in [-0.4, -0.2) is 23.0 Å². The summed E-state index contributed by atoms with van der Waals surface area (Å²) in [4.78, 5) is 25.8. The van der Waals surface area contributed by atoms with Gasteiger partial charge in [-0.3, -0.25) is 10.1 Å². The van der Waals surface area contributed by atoms with Crippen LogP contribution in [0.5, 0.6) is 0 Å². The molecule has 0 aliphatic rings. The molecule has 0 amide bonds. The average molecular weight is 322 g/mol. The molecule has 8 heteroatoms. The Hall–Kier alpha value is -2.67. The van der Waals surface area contributed by atoms with E-state index in [4.69, 9.17) is 11.6 Å². The molecular weight excluding hydrogens is 310 g/mol. The molecule has 1 heterocycles. The number of nitro groups is 1. The molecule has 0 spiro atoms. The topological polar surface area (TPSA) is 94.4 Å². The Balaban J connectivity index is 2.17. The lowest BCUT2D eigenvalue weighted by Crippen LogP contribution is -2.06. The number of nitrogens with one attached hydrogen (secondary N) is 1. The molecule has 0 saturated carbocycles. The van der Waals surface area contributed by atoms with Gasteiger partial charge in [0.05, 0.1) is 22.6 Å². The van der Waals surface area contributed by atoms with Crippen LogP contribution < -0.4 is 5.32 Å². The second kappa shape index (κ2) is 6.86. The van der Waals surface area contributed by atoms with Crippen LogP contribution in [0.3, 0.4) is 0 Å². The minimum Gasteiger partial charge on any atom is -0.465 e. The molecule has 2 aromatic rings. The van der Waals surface area contributed by atoms with E-state index >= 15 is 0 Å². The number of hydrogen-bond donors (Lipinski definition) is 1. The van der Waals surface area contributed by atoms with Crippen molar-refractivity contribution in [1.29, 1.82) is 0 Å². The zero-order valence-corrected chi connectivity index (χ0v) is 12.3. The van der Waals surface area contributed by atoms with Gasteiger partial charge in [0, 0.05) is 18.8 Å². The lowest BCUT2D eigenvalue weighted by Gasteiger charge is -2.07. The molecule has 0 atom stereocenters. The van der Waals surface area contributed by atoms with Crippen LogP contribution in [-0.2, 0) is 11.3 Å². The van der Waals surface area contributed by atoms with E-state index in [-0.39, 0.29) is 23.1 Å². The second-order valence-corrected chi connectivity index (χ2v) is 4.76. The first-order valence-corrected chi connectivity index (χ1v) is 6.60. The molecule has 0 saturated heterocycles. The maximum atomic E-state index is 11.5. The highest BCUT2D eigenvalue weighted by Gasteiger charge is 2.16. The fraction of sp³-hybridized carbons (Fsp3) is 0.143. The molecule has 1 aromatic carbocycles. The van der Waals surface area contributed by atoms with Gasteiger partial charge in [-0.2, -0.15) is 0 Å². The third-order valence-electron chi connectivity index (χ3n) is 2.84. The zero-order valence-electron chi connectivity index (χ0n) is 11.6. The molecular formula is C14H12ClN3O4. The van der Waals surface area contributed by atoms with Gasteiger partial charge in [0.2, 0.25) is 5.82 Å². The number of carbonyl (C=O) groups is 1. The summed E-state index contributed by atoms with van der Waals surface area (Å²) in [5.41, 5.74) is 0.950. The molecule has 1 aromatic heterocycles. The Morgan fingerprint density at radius 2 is 2.23 bits per heavy atom. The van der Waals surface area contributed by atoms with E-state index in [1.807, 2.05) is 0 Å². The SMILES string of the molecule is COC(=O)c1cccc(CNc2ncc(Cl)cc2[N+](=O)[O-])c1. The number of halogens is 1. The van der Waals surface area contributed by atoms with Crippen LogP contribution >= 0.6 is 11.6 Å². The smallest absolute Gasteiger partial charge is 0.337 e. The summed E-state index contributed by atoms with van der Waals surface area (Å²) < 4.78 is 4.64. The highest BCUT2D eigenvalue weighted by molar-refractivity contribution is 6.30. The number of pyridine rings is 1. The number of nitrogens with zero attached hydrogens (tertiary/aromatic N) is 2. The molecule has 114 valence electrons. The van der Waals surface area contributed by atoms with Crippen LogP contribution in [0.15, 0.2) is 36.5 Å². The summed E-state index contributed by atoms with van der Waals surface area (Å²) in [6, 6.07) is 7.97. The van der Waals surface area contributed by atoms with Gasteiger partial charge >= 0.3 is 11.7 Å². The van der Waals surface area contributed by atoms with Gasteiger partial charge in [0.15, 0.2) is 0 Å². The van der Waals surface area contributed by atoms with E-state index in [2.05, 4.69) is 15.0 Å². The summed E-state index contributed by atoms with van der Waals surface area (Å²) in [7, 11) is 1.30. The number of carbonyl (C=O) groups excluding carboxylic acids is 1. The number of ether oxygens (including phenoxy) is 1. The van der Waals surface area contributed by atoms with Gasteiger partial charge < -0.3 is 10.1 Å². The number of hydrogen-bond acceptors (Lipinski definition) is 6. The van der Waals surface area contributed by atoms with Crippen molar-refractivity contribution >= 4 is 29.1 Å². The van der Waals surface area contributed by atoms with Crippen LogP contribution in [0, 0.1) is 10.1 Å². The molecule has 0 aliphatic heterocycles. The first-order chi connectivity index (χ1) is 10.5. The van der Waals surface area contributed by atoms with Crippen molar-refractivity contribution < 1.29 is 14.5 Å². The fourth-order valence-electron chi connectivity index (χ4n) is 1.82. The predicted octanol–water partition coefficient (Wildman–Crippen LogP) is 3.04. The van der Waals surface area contributed by atoms with Crippen LogP contribution in [0.25, 0.3) is 0 Å². The van der Waals surface area contributed by atoms with E-state index in [1.54, 1.807) is 24.3 Å². The van der Waals surface area contributed by atoms with Crippen LogP contribution in [0.4, 0.5) is 11.5 Å². The van der Waals surface area contributed by atoms with Crippen molar-refractivity contribution in [2.45, 2.75) is 6.54 Å². The number of benzene rings is 1. The molecule has 2 rings (SSSR count). The largest absolute Gasteiger partial charge is 0.465 e. The minimum absolute atomic E-state index is 0.109. The summed E-state index contributed by atoms with van der Waals surface area (Å²) in [5, 5.41) is 14.0. The van der Waals surface area contributed by atoms with E-state index in [1.165, 1.54) is 19.4 Å². The summed E-state index contributed by atoms with van der Waals surface area (Å²) in [6.07, 6.45) is 1.32. The molecule has 0 fully saturated rings. The summed E-state index contributed by atoms with van der Waals surface area (Å²) in [5.74, 6) is -0.338.